The number of carbonyl (C=O) groups excluding carboxylic acids is 2. The molecule has 0 bridgehead atoms. The zero-order chi connectivity index (χ0) is 20.7. The van der Waals surface area contributed by atoms with Crippen molar-refractivity contribution in [3.8, 4) is 0 Å². The molecule has 0 aliphatic rings. The van der Waals surface area contributed by atoms with Crippen LogP contribution in [0.1, 0.15) is 38.7 Å². The van der Waals surface area contributed by atoms with Gasteiger partial charge in [0.05, 0.1) is 5.92 Å². The van der Waals surface area contributed by atoms with Gasteiger partial charge in [-0.1, -0.05) is 50.6 Å². The van der Waals surface area contributed by atoms with Gasteiger partial charge in [-0.2, -0.15) is 0 Å². The van der Waals surface area contributed by atoms with Gasteiger partial charge < -0.3 is 15.0 Å². The Balaban J connectivity index is 2.03. The minimum Gasteiger partial charge on any atom is -0.452 e. The van der Waals surface area contributed by atoms with Gasteiger partial charge in [-0.15, -0.1) is 0 Å². The summed E-state index contributed by atoms with van der Waals surface area (Å²) in [6.45, 7) is 5.66. The Morgan fingerprint density at radius 1 is 1.00 bits per heavy atom. The van der Waals surface area contributed by atoms with Crippen LogP contribution in [0.15, 0.2) is 54.6 Å². The van der Waals surface area contributed by atoms with Crippen molar-refractivity contribution in [1.82, 2.24) is 0 Å². The summed E-state index contributed by atoms with van der Waals surface area (Å²) in [5.74, 6) is -0.988. The fourth-order valence-electron chi connectivity index (χ4n) is 2.98. The first-order chi connectivity index (χ1) is 13.3. The number of nitrogens with zero attached hydrogens (tertiary/aromatic N) is 1. The van der Waals surface area contributed by atoms with Crippen LogP contribution in [0, 0.1) is 5.92 Å². The molecule has 0 radical (unpaired) electrons. The summed E-state index contributed by atoms with van der Waals surface area (Å²) in [7, 11) is 3.91. The highest BCUT2D eigenvalue weighted by Crippen LogP contribution is 2.28. The molecule has 3 atom stereocenters. The second kappa shape index (κ2) is 9.93. The van der Waals surface area contributed by atoms with Crippen LogP contribution in [0.4, 0.5) is 11.4 Å². The molecular weight excluding hydrogens is 352 g/mol. The molecule has 5 nitrogen and oxygen atoms in total. The highest BCUT2D eigenvalue weighted by molar-refractivity contribution is 5.95. The first-order valence-electron chi connectivity index (χ1n) is 9.67. The van der Waals surface area contributed by atoms with Crippen LogP contribution in [-0.4, -0.2) is 32.1 Å². The topological polar surface area (TPSA) is 58.6 Å². The standard InChI is InChI=1S/C23H30N2O3/c1-6-16(2)21(18-10-8-7-9-11-18)23(27)28-17(3)22(26)24-19-12-14-20(15-13-19)25(4)5/h7-17,21H,6H2,1-5H3,(H,24,26). The zero-order valence-electron chi connectivity index (χ0n) is 17.3. The van der Waals surface area contributed by atoms with E-state index in [4.69, 9.17) is 4.74 Å². The van der Waals surface area contributed by atoms with Crippen molar-refractivity contribution in [2.75, 3.05) is 24.3 Å². The predicted octanol–water partition coefficient (Wildman–Crippen LogP) is 4.45. The molecule has 1 amide bonds. The highest BCUT2D eigenvalue weighted by atomic mass is 16.5. The van der Waals surface area contributed by atoms with Crippen molar-refractivity contribution >= 4 is 23.3 Å². The normalized spacial score (nSPS) is 13.9. The third kappa shape index (κ3) is 5.59. The summed E-state index contributed by atoms with van der Waals surface area (Å²) >= 11 is 0. The fourth-order valence-corrected chi connectivity index (χ4v) is 2.98. The number of rotatable bonds is 8. The lowest BCUT2D eigenvalue weighted by Crippen LogP contribution is -2.33. The minimum absolute atomic E-state index is 0.115. The summed E-state index contributed by atoms with van der Waals surface area (Å²) < 4.78 is 5.53. The maximum atomic E-state index is 12.8. The lowest BCUT2D eigenvalue weighted by Gasteiger charge is -2.24. The molecule has 0 aliphatic heterocycles. The predicted molar refractivity (Wildman–Crippen MR) is 114 cm³/mol. The first-order valence-corrected chi connectivity index (χ1v) is 9.67. The second-order valence-electron chi connectivity index (χ2n) is 7.28. The van der Waals surface area contributed by atoms with Gasteiger partial charge in [0.25, 0.3) is 5.91 Å². The van der Waals surface area contributed by atoms with Crippen LogP contribution in [0.3, 0.4) is 0 Å². The van der Waals surface area contributed by atoms with E-state index in [9.17, 15) is 9.59 Å². The molecule has 2 rings (SSSR count). The fraction of sp³-hybridized carbons (Fsp3) is 0.391. The summed E-state index contributed by atoms with van der Waals surface area (Å²) in [5, 5.41) is 2.80. The molecule has 0 heterocycles. The molecule has 0 fully saturated rings. The van der Waals surface area contributed by atoms with Gasteiger partial charge in [0.15, 0.2) is 6.10 Å². The molecule has 2 aromatic rings. The van der Waals surface area contributed by atoms with E-state index in [2.05, 4.69) is 5.32 Å². The lowest BCUT2D eigenvalue weighted by atomic mass is 9.85. The third-order valence-electron chi connectivity index (χ3n) is 4.94. The van der Waals surface area contributed by atoms with Gasteiger partial charge in [-0.25, -0.2) is 0 Å². The minimum atomic E-state index is -0.878. The quantitative estimate of drug-likeness (QED) is 0.685. The number of hydrogen-bond donors (Lipinski definition) is 1. The highest BCUT2D eigenvalue weighted by Gasteiger charge is 2.30. The van der Waals surface area contributed by atoms with Crippen molar-refractivity contribution < 1.29 is 14.3 Å². The Bertz CT molecular complexity index is 772. The van der Waals surface area contributed by atoms with Crippen LogP contribution in [-0.2, 0) is 14.3 Å². The van der Waals surface area contributed by atoms with Gasteiger partial charge >= 0.3 is 5.97 Å². The van der Waals surface area contributed by atoms with E-state index in [0.717, 1.165) is 17.7 Å². The number of ether oxygens (including phenoxy) is 1. The van der Waals surface area contributed by atoms with Gasteiger partial charge in [0.1, 0.15) is 0 Å². The van der Waals surface area contributed by atoms with Crippen molar-refractivity contribution in [3.05, 3.63) is 60.2 Å². The molecule has 0 aromatic heterocycles. The van der Waals surface area contributed by atoms with Crippen molar-refractivity contribution in [3.63, 3.8) is 0 Å². The van der Waals surface area contributed by atoms with Gasteiger partial charge in [0, 0.05) is 25.5 Å². The van der Waals surface area contributed by atoms with E-state index < -0.39 is 6.10 Å². The number of anilines is 2. The number of carbonyl (C=O) groups is 2. The van der Waals surface area contributed by atoms with E-state index in [1.54, 1.807) is 6.92 Å². The Kier molecular flexibility index (Phi) is 7.61. The number of esters is 1. The van der Waals surface area contributed by atoms with Gasteiger partial charge in [0.2, 0.25) is 0 Å². The molecule has 0 saturated heterocycles. The molecule has 28 heavy (non-hydrogen) atoms. The molecule has 0 aliphatic carbocycles. The summed E-state index contributed by atoms with van der Waals surface area (Å²) in [6.07, 6.45) is -0.0377. The van der Waals surface area contributed by atoms with Crippen molar-refractivity contribution in [2.45, 2.75) is 39.2 Å². The van der Waals surface area contributed by atoms with E-state index in [-0.39, 0.29) is 23.7 Å². The van der Waals surface area contributed by atoms with Gasteiger partial charge in [-0.3, -0.25) is 9.59 Å². The lowest BCUT2D eigenvalue weighted by molar-refractivity contribution is -0.155. The summed E-state index contributed by atoms with van der Waals surface area (Å²) in [5.41, 5.74) is 2.62. The molecular formula is C23H30N2O3. The number of hydrogen-bond acceptors (Lipinski definition) is 4. The zero-order valence-corrected chi connectivity index (χ0v) is 17.3. The summed E-state index contributed by atoms with van der Waals surface area (Å²) in [4.78, 5) is 27.3. The van der Waals surface area contributed by atoms with E-state index in [0.29, 0.717) is 5.69 Å². The van der Waals surface area contributed by atoms with Crippen LogP contribution < -0.4 is 10.2 Å². The third-order valence-corrected chi connectivity index (χ3v) is 4.94. The molecule has 150 valence electrons. The maximum Gasteiger partial charge on any atom is 0.314 e. The summed E-state index contributed by atoms with van der Waals surface area (Å²) in [6, 6.07) is 17.1. The number of benzene rings is 2. The number of amides is 1. The molecule has 5 heteroatoms. The number of nitrogens with one attached hydrogen (secondary N) is 1. The maximum absolute atomic E-state index is 12.8. The van der Waals surface area contributed by atoms with Crippen molar-refractivity contribution in [1.29, 1.82) is 0 Å². The molecule has 1 N–H and O–H groups in total. The smallest absolute Gasteiger partial charge is 0.314 e. The van der Waals surface area contributed by atoms with E-state index in [1.165, 1.54) is 0 Å². The Morgan fingerprint density at radius 2 is 1.61 bits per heavy atom. The van der Waals surface area contributed by atoms with Crippen molar-refractivity contribution in [2.24, 2.45) is 5.92 Å². The second-order valence-corrected chi connectivity index (χ2v) is 7.28. The molecule has 0 spiro atoms. The Labute approximate surface area is 167 Å². The van der Waals surface area contributed by atoms with Gasteiger partial charge in [-0.05, 0) is 42.7 Å². The van der Waals surface area contributed by atoms with E-state index >= 15 is 0 Å². The monoisotopic (exact) mass is 382 g/mol. The molecule has 3 unspecified atom stereocenters. The average molecular weight is 383 g/mol. The van der Waals surface area contributed by atoms with E-state index in [1.807, 2.05) is 87.4 Å². The van der Waals surface area contributed by atoms with Crippen LogP contribution >= 0.6 is 0 Å². The Hall–Kier alpha value is -2.82. The SMILES string of the molecule is CCC(C)C(C(=O)OC(C)C(=O)Nc1ccc(N(C)C)cc1)c1ccccc1. The van der Waals surface area contributed by atoms with Crippen LogP contribution in [0.2, 0.25) is 0 Å². The van der Waals surface area contributed by atoms with Crippen LogP contribution in [0.25, 0.3) is 0 Å². The molecule has 2 aromatic carbocycles. The average Bonchev–Trinajstić information content (AvgIpc) is 2.69. The first kappa shape index (κ1) is 21.5. The largest absolute Gasteiger partial charge is 0.452 e. The Morgan fingerprint density at radius 3 is 2.14 bits per heavy atom. The van der Waals surface area contributed by atoms with Crippen LogP contribution in [0.5, 0.6) is 0 Å². The molecule has 0 saturated carbocycles.